The van der Waals surface area contributed by atoms with Gasteiger partial charge in [-0.25, -0.2) is 0 Å². The third-order valence-electron chi connectivity index (χ3n) is 3.72. The van der Waals surface area contributed by atoms with Crippen LogP contribution >= 0.6 is 0 Å². The minimum atomic E-state index is -0.859. The van der Waals surface area contributed by atoms with Crippen LogP contribution < -0.4 is 10.2 Å². The van der Waals surface area contributed by atoms with Gasteiger partial charge in [-0.3, -0.25) is 10.1 Å². The Bertz CT molecular complexity index is 456. The molecule has 1 aromatic rings. The zero-order chi connectivity index (χ0) is 16.0. The number of nitrogens with one attached hydrogen (secondary N) is 1. The minimum Gasteiger partial charge on any atom is -0.480 e. The number of aliphatic carboxylic acids is 1. The van der Waals surface area contributed by atoms with Crippen molar-refractivity contribution in [2.24, 2.45) is 0 Å². The summed E-state index contributed by atoms with van der Waals surface area (Å²) in [7, 11) is 2.04. The average molecular weight is 292 g/mol. The van der Waals surface area contributed by atoms with Crippen LogP contribution in [-0.4, -0.2) is 36.2 Å². The Labute approximate surface area is 128 Å². The van der Waals surface area contributed by atoms with Crippen molar-refractivity contribution in [3.8, 4) is 0 Å². The molecule has 0 saturated carbocycles. The van der Waals surface area contributed by atoms with E-state index in [4.69, 9.17) is 0 Å². The lowest BCUT2D eigenvalue weighted by Crippen LogP contribution is -2.52. The van der Waals surface area contributed by atoms with Gasteiger partial charge in [0.1, 0.15) is 5.54 Å². The first-order valence-electron chi connectivity index (χ1n) is 7.53. The minimum absolute atomic E-state index is 0.154. The van der Waals surface area contributed by atoms with E-state index in [1.807, 2.05) is 20.9 Å². The van der Waals surface area contributed by atoms with Crippen LogP contribution in [0.15, 0.2) is 24.3 Å². The molecule has 0 aliphatic carbocycles. The molecule has 0 aliphatic heterocycles. The Kier molecular flexibility index (Phi) is 6.21. The summed E-state index contributed by atoms with van der Waals surface area (Å²) in [6.07, 6.45) is 1.43. The quantitative estimate of drug-likeness (QED) is 0.773. The highest BCUT2D eigenvalue weighted by atomic mass is 16.4. The van der Waals surface area contributed by atoms with Gasteiger partial charge in [-0.2, -0.15) is 0 Å². The molecule has 0 saturated heterocycles. The SMILES string of the molecule is Cc1ccc(N(C)CCCC(C)(NC(C)C)C(=O)O)cc1. The van der Waals surface area contributed by atoms with E-state index in [2.05, 4.69) is 41.4 Å². The van der Waals surface area contributed by atoms with Crippen molar-refractivity contribution < 1.29 is 9.90 Å². The maximum atomic E-state index is 11.5. The summed E-state index contributed by atoms with van der Waals surface area (Å²) in [6, 6.07) is 8.53. The molecule has 4 nitrogen and oxygen atoms in total. The van der Waals surface area contributed by atoms with E-state index in [1.165, 1.54) is 5.56 Å². The molecule has 1 aromatic carbocycles. The summed E-state index contributed by atoms with van der Waals surface area (Å²) in [5.41, 5.74) is 1.55. The van der Waals surface area contributed by atoms with Gasteiger partial charge in [0.05, 0.1) is 0 Å². The number of hydrogen-bond donors (Lipinski definition) is 2. The van der Waals surface area contributed by atoms with Gasteiger partial charge in [0.15, 0.2) is 0 Å². The van der Waals surface area contributed by atoms with Crippen LogP contribution in [0.2, 0.25) is 0 Å². The molecule has 1 atom stereocenters. The molecule has 4 heteroatoms. The number of aryl methyl sites for hydroxylation is 1. The maximum absolute atomic E-state index is 11.5. The standard InChI is InChI=1S/C17H28N2O2/c1-13(2)18-17(4,16(20)21)11-6-12-19(5)15-9-7-14(3)8-10-15/h7-10,13,18H,6,11-12H2,1-5H3,(H,20,21). The van der Waals surface area contributed by atoms with Crippen molar-refractivity contribution in [1.82, 2.24) is 5.32 Å². The van der Waals surface area contributed by atoms with Gasteiger partial charge in [0.2, 0.25) is 0 Å². The van der Waals surface area contributed by atoms with Crippen molar-refractivity contribution in [2.75, 3.05) is 18.5 Å². The van der Waals surface area contributed by atoms with E-state index < -0.39 is 11.5 Å². The fraction of sp³-hybridized carbons (Fsp3) is 0.588. The number of carbonyl (C=O) groups is 1. The van der Waals surface area contributed by atoms with E-state index in [9.17, 15) is 9.90 Å². The number of carboxylic acid groups (broad SMARTS) is 1. The lowest BCUT2D eigenvalue weighted by atomic mass is 9.94. The van der Waals surface area contributed by atoms with Gasteiger partial charge >= 0.3 is 5.97 Å². The largest absolute Gasteiger partial charge is 0.480 e. The highest BCUT2D eigenvalue weighted by molar-refractivity contribution is 5.78. The number of carboxylic acids is 1. The molecule has 0 radical (unpaired) electrons. The molecule has 0 bridgehead atoms. The number of anilines is 1. The first-order valence-corrected chi connectivity index (χ1v) is 7.53. The number of hydrogen-bond acceptors (Lipinski definition) is 3. The second-order valence-corrected chi connectivity index (χ2v) is 6.30. The van der Waals surface area contributed by atoms with Gasteiger partial charge in [-0.1, -0.05) is 17.7 Å². The third-order valence-corrected chi connectivity index (χ3v) is 3.72. The number of rotatable bonds is 8. The normalized spacial score (nSPS) is 14.0. The molecular formula is C17H28N2O2. The molecular weight excluding hydrogens is 264 g/mol. The summed E-state index contributed by atoms with van der Waals surface area (Å²) >= 11 is 0. The van der Waals surface area contributed by atoms with Crippen molar-refractivity contribution in [1.29, 1.82) is 0 Å². The summed E-state index contributed by atoms with van der Waals surface area (Å²) in [6.45, 7) is 8.62. The molecule has 1 rings (SSSR count). The van der Waals surface area contributed by atoms with Gasteiger partial charge in [-0.15, -0.1) is 0 Å². The predicted molar refractivity (Wildman–Crippen MR) is 88.0 cm³/mol. The van der Waals surface area contributed by atoms with Crippen LogP contribution in [0.25, 0.3) is 0 Å². The first kappa shape index (κ1) is 17.5. The Morgan fingerprint density at radius 1 is 1.33 bits per heavy atom. The Balaban J connectivity index is 2.54. The molecule has 0 heterocycles. The fourth-order valence-corrected chi connectivity index (χ4v) is 2.48. The predicted octanol–water partition coefficient (Wildman–Crippen LogP) is 3.05. The number of benzene rings is 1. The molecule has 0 spiro atoms. The summed E-state index contributed by atoms with van der Waals surface area (Å²) < 4.78 is 0. The van der Waals surface area contributed by atoms with E-state index >= 15 is 0 Å². The second-order valence-electron chi connectivity index (χ2n) is 6.30. The van der Waals surface area contributed by atoms with Crippen LogP contribution in [0.1, 0.15) is 39.2 Å². The Morgan fingerprint density at radius 2 is 1.90 bits per heavy atom. The summed E-state index contributed by atoms with van der Waals surface area (Å²) in [5, 5.41) is 12.6. The van der Waals surface area contributed by atoms with Gasteiger partial charge in [-0.05, 0) is 52.7 Å². The molecule has 0 aliphatic rings. The van der Waals surface area contributed by atoms with Gasteiger partial charge < -0.3 is 10.0 Å². The third kappa shape index (κ3) is 5.38. The smallest absolute Gasteiger partial charge is 0.323 e. The van der Waals surface area contributed by atoms with Crippen molar-refractivity contribution >= 4 is 11.7 Å². The van der Waals surface area contributed by atoms with E-state index in [0.717, 1.165) is 18.7 Å². The summed E-state index contributed by atoms with van der Waals surface area (Å²) in [5.74, 6) is -0.783. The van der Waals surface area contributed by atoms with Crippen molar-refractivity contribution in [3.05, 3.63) is 29.8 Å². The fourth-order valence-electron chi connectivity index (χ4n) is 2.48. The Morgan fingerprint density at radius 3 is 2.38 bits per heavy atom. The summed E-state index contributed by atoms with van der Waals surface area (Å²) in [4.78, 5) is 13.6. The van der Waals surface area contributed by atoms with Crippen LogP contribution in [0.5, 0.6) is 0 Å². The molecule has 2 N–H and O–H groups in total. The Hall–Kier alpha value is -1.55. The van der Waals surface area contributed by atoms with Crippen LogP contribution in [-0.2, 0) is 4.79 Å². The maximum Gasteiger partial charge on any atom is 0.323 e. The van der Waals surface area contributed by atoms with Crippen molar-refractivity contribution in [2.45, 2.75) is 52.1 Å². The van der Waals surface area contributed by atoms with Crippen LogP contribution in [0, 0.1) is 6.92 Å². The highest BCUT2D eigenvalue weighted by Gasteiger charge is 2.32. The molecule has 0 fully saturated rings. The van der Waals surface area contributed by atoms with Gasteiger partial charge in [0, 0.05) is 25.3 Å². The van der Waals surface area contributed by atoms with Crippen molar-refractivity contribution in [3.63, 3.8) is 0 Å². The van der Waals surface area contributed by atoms with Crippen LogP contribution in [0.3, 0.4) is 0 Å². The van der Waals surface area contributed by atoms with E-state index in [1.54, 1.807) is 6.92 Å². The molecule has 0 amide bonds. The lowest BCUT2D eigenvalue weighted by Gasteiger charge is -2.29. The zero-order valence-electron chi connectivity index (χ0n) is 13.8. The molecule has 0 aromatic heterocycles. The van der Waals surface area contributed by atoms with E-state index in [-0.39, 0.29) is 6.04 Å². The number of nitrogens with zero attached hydrogens (tertiary/aromatic N) is 1. The van der Waals surface area contributed by atoms with Gasteiger partial charge in [0.25, 0.3) is 0 Å². The molecule has 21 heavy (non-hydrogen) atoms. The zero-order valence-corrected chi connectivity index (χ0v) is 13.8. The molecule has 118 valence electrons. The second kappa shape index (κ2) is 7.46. The molecule has 1 unspecified atom stereocenters. The van der Waals surface area contributed by atoms with Crippen LogP contribution in [0.4, 0.5) is 5.69 Å². The monoisotopic (exact) mass is 292 g/mol. The van der Waals surface area contributed by atoms with E-state index in [0.29, 0.717) is 6.42 Å². The highest BCUT2D eigenvalue weighted by Crippen LogP contribution is 2.17. The lowest BCUT2D eigenvalue weighted by molar-refractivity contribution is -0.144. The average Bonchev–Trinajstić information content (AvgIpc) is 2.38. The first-order chi connectivity index (χ1) is 9.74. The topological polar surface area (TPSA) is 52.6 Å².